The second-order valence-corrected chi connectivity index (χ2v) is 12.8. The third-order valence-electron chi connectivity index (χ3n) is 6.98. The highest BCUT2D eigenvalue weighted by Gasteiger charge is 2.29. The maximum atomic E-state index is 14.9. The van der Waals surface area contributed by atoms with Gasteiger partial charge in [-0.25, -0.2) is 21.6 Å². The average molecular weight is 575 g/mol. The van der Waals surface area contributed by atoms with Gasteiger partial charge < -0.3 is 20.5 Å². The van der Waals surface area contributed by atoms with Crippen LogP contribution in [0.5, 0.6) is 0 Å². The number of aromatic amines is 1. The predicted octanol–water partition coefficient (Wildman–Crippen LogP) is 6.03. The number of anilines is 2. The minimum Gasteiger partial charge on any atom is -0.381 e. The molecule has 5 rings (SSSR count). The van der Waals surface area contributed by atoms with Crippen LogP contribution >= 0.6 is 11.3 Å². The van der Waals surface area contributed by atoms with Gasteiger partial charge in [0.2, 0.25) is 0 Å². The van der Waals surface area contributed by atoms with Crippen LogP contribution in [0.15, 0.2) is 47.5 Å². The summed E-state index contributed by atoms with van der Waals surface area (Å²) in [4.78, 5) is 5.80. The van der Waals surface area contributed by atoms with Crippen LogP contribution in [-0.4, -0.2) is 63.7 Å². The molecule has 0 bridgehead atoms. The average Bonchev–Trinajstić information content (AvgIpc) is 3.52. The van der Waals surface area contributed by atoms with Gasteiger partial charge in [-0.15, -0.1) is 11.3 Å². The van der Waals surface area contributed by atoms with E-state index in [4.69, 9.17) is 0 Å². The van der Waals surface area contributed by atoms with Crippen LogP contribution in [0.4, 0.5) is 24.5 Å². The lowest BCUT2D eigenvalue weighted by Gasteiger charge is -2.30. The summed E-state index contributed by atoms with van der Waals surface area (Å²) in [5, 5.41) is 7.69. The Bertz CT molecular complexity index is 1660. The first kappa shape index (κ1) is 27.4. The minimum atomic E-state index is -3.40. The molecule has 1 saturated heterocycles. The van der Waals surface area contributed by atoms with E-state index in [1.807, 2.05) is 6.07 Å². The molecule has 0 saturated carbocycles. The van der Waals surface area contributed by atoms with Gasteiger partial charge >= 0.3 is 0 Å². The fraction of sp³-hybridized carbons (Fsp3) is 0.357. The number of benzene rings is 2. The van der Waals surface area contributed by atoms with Gasteiger partial charge in [-0.1, -0.05) is 24.0 Å². The monoisotopic (exact) mass is 574 g/mol. The number of sulfone groups is 1. The quantitative estimate of drug-likeness (QED) is 0.235. The summed E-state index contributed by atoms with van der Waals surface area (Å²) >= 11 is 1.22. The zero-order valence-corrected chi connectivity index (χ0v) is 23.2. The number of H-pyrrole nitrogens is 1. The first-order valence-electron chi connectivity index (χ1n) is 12.6. The number of likely N-dealkylation sites (tertiary alicyclic amines) is 1. The Balaban J connectivity index is 1.43. The Hall–Kier alpha value is -3.20. The molecule has 39 heavy (non-hydrogen) atoms. The van der Waals surface area contributed by atoms with E-state index in [-0.39, 0.29) is 27.9 Å². The second kappa shape index (κ2) is 11.1. The molecule has 2 aromatic carbocycles. The van der Waals surface area contributed by atoms with E-state index in [0.29, 0.717) is 22.0 Å². The first-order chi connectivity index (χ1) is 18.6. The van der Waals surface area contributed by atoms with E-state index in [1.165, 1.54) is 17.4 Å². The standard InChI is InChI=1S/C28H29F3N4O2S2/c1-35-15-11-17(12-16-35)34-21-6-3-5-19-24(25(29)28(30)31)22(38-27(19)21)7-4-13-32-20-8-9-23(39(2,36)37)18-10-14-33-26(18)20/h3,5-6,8-10,14,17,25,28,32-34H,11-13,15-16H2,1-2H3. The van der Waals surface area contributed by atoms with Crippen molar-refractivity contribution < 1.29 is 21.6 Å². The largest absolute Gasteiger partial charge is 0.381 e. The molecule has 1 atom stereocenters. The minimum absolute atomic E-state index is 0.0752. The molecule has 11 heteroatoms. The molecule has 6 nitrogen and oxygen atoms in total. The molecule has 1 aliphatic heterocycles. The van der Waals surface area contributed by atoms with E-state index in [2.05, 4.69) is 39.4 Å². The molecule has 4 aromatic rings. The Labute approximate surface area is 229 Å². The zero-order chi connectivity index (χ0) is 27.7. The SMILES string of the molecule is CN1CCC(Nc2cccc3c(C(F)C(F)F)c(C#CCNc4ccc(S(C)(=O)=O)c5cc[nH]c45)sc23)CC1. The summed E-state index contributed by atoms with van der Waals surface area (Å²) in [7, 11) is -1.32. The molecular weight excluding hydrogens is 545 g/mol. The molecule has 0 spiro atoms. The van der Waals surface area contributed by atoms with Crippen LogP contribution < -0.4 is 10.6 Å². The molecular formula is C28H29F3N4O2S2. The Morgan fingerprint density at radius 2 is 1.87 bits per heavy atom. The van der Waals surface area contributed by atoms with Crippen molar-refractivity contribution in [2.24, 2.45) is 0 Å². The molecule has 3 N–H and O–H groups in total. The summed E-state index contributed by atoms with van der Waals surface area (Å²) in [6.45, 7) is 2.08. The van der Waals surface area contributed by atoms with Crippen molar-refractivity contribution in [2.75, 3.05) is 43.6 Å². The second-order valence-electron chi connectivity index (χ2n) is 9.79. The third-order valence-corrected chi connectivity index (χ3v) is 9.31. The van der Waals surface area contributed by atoms with Gasteiger partial charge in [0.25, 0.3) is 6.43 Å². The number of rotatable bonds is 7. The maximum Gasteiger partial charge on any atom is 0.273 e. The molecule has 0 radical (unpaired) electrons. The topological polar surface area (TPSA) is 77.2 Å². The van der Waals surface area contributed by atoms with Gasteiger partial charge in [0, 0.05) is 34.8 Å². The normalized spacial score (nSPS) is 15.9. The van der Waals surface area contributed by atoms with Crippen LogP contribution in [-0.2, 0) is 9.84 Å². The van der Waals surface area contributed by atoms with E-state index < -0.39 is 22.4 Å². The number of fused-ring (bicyclic) bond motifs is 2. The van der Waals surface area contributed by atoms with Crippen LogP contribution in [0.2, 0.25) is 0 Å². The summed E-state index contributed by atoms with van der Waals surface area (Å²) in [6, 6.07) is 10.5. The number of hydrogen-bond donors (Lipinski definition) is 3. The van der Waals surface area contributed by atoms with Crippen molar-refractivity contribution in [3.8, 4) is 11.8 Å². The Morgan fingerprint density at radius 3 is 2.59 bits per heavy atom. The summed E-state index contributed by atoms with van der Waals surface area (Å²) in [5.74, 6) is 5.85. The number of halogens is 3. The van der Waals surface area contributed by atoms with Crippen molar-refractivity contribution in [2.45, 2.75) is 36.4 Å². The molecule has 1 fully saturated rings. The van der Waals surface area contributed by atoms with Gasteiger partial charge in [0.1, 0.15) is 0 Å². The van der Waals surface area contributed by atoms with Crippen molar-refractivity contribution in [3.63, 3.8) is 0 Å². The lowest BCUT2D eigenvalue weighted by Crippen LogP contribution is -2.36. The Kier molecular flexibility index (Phi) is 7.80. The van der Waals surface area contributed by atoms with E-state index >= 15 is 0 Å². The number of alkyl halides is 3. The molecule has 0 aliphatic carbocycles. The van der Waals surface area contributed by atoms with E-state index in [9.17, 15) is 21.6 Å². The van der Waals surface area contributed by atoms with Crippen LogP contribution in [0.25, 0.3) is 21.0 Å². The fourth-order valence-electron chi connectivity index (χ4n) is 4.98. The lowest BCUT2D eigenvalue weighted by atomic mass is 10.0. The fourth-order valence-corrected chi connectivity index (χ4v) is 7.05. The third kappa shape index (κ3) is 5.73. The number of nitrogens with zero attached hydrogens (tertiary/aromatic N) is 1. The molecule has 1 unspecified atom stereocenters. The number of nitrogens with one attached hydrogen (secondary N) is 3. The molecule has 0 amide bonds. The van der Waals surface area contributed by atoms with Crippen LogP contribution in [0, 0.1) is 11.8 Å². The summed E-state index contributed by atoms with van der Waals surface area (Å²) < 4.78 is 66.9. The number of thiophene rings is 1. The Morgan fingerprint density at radius 1 is 1.10 bits per heavy atom. The van der Waals surface area contributed by atoms with E-state index in [1.54, 1.807) is 30.5 Å². The lowest BCUT2D eigenvalue weighted by molar-refractivity contribution is 0.0504. The molecule has 1 aliphatic rings. The smallest absolute Gasteiger partial charge is 0.273 e. The van der Waals surface area contributed by atoms with Crippen LogP contribution in [0.3, 0.4) is 0 Å². The van der Waals surface area contributed by atoms with Gasteiger partial charge in [0.15, 0.2) is 16.0 Å². The van der Waals surface area contributed by atoms with Crippen molar-refractivity contribution in [1.29, 1.82) is 0 Å². The highest BCUT2D eigenvalue weighted by molar-refractivity contribution is 7.91. The maximum absolute atomic E-state index is 14.9. The zero-order valence-electron chi connectivity index (χ0n) is 21.5. The molecule has 3 heterocycles. The van der Waals surface area contributed by atoms with Crippen molar-refractivity contribution in [3.05, 3.63) is 53.0 Å². The van der Waals surface area contributed by atoms with Crippen molar-refractivity contribution >= 4 is 53.5 Å². The first-order valence-corrected chi connectivity index (χ1v) is 15.3. The molecule has 2 aromatic heterocycles. The van der Waals surface area contributed by atoms with Gasteiger partial charge in [0.05, 0.1) is 37.9 Å². The van der Waals surface area contributed by atoms with Crippen LogP contribution in [0.1, 0.15) is 29.5 Å². The number of piperidine rings is 1. The highest BCUT2D eigenvalue weighted by Crippen LogP contribution is 2.42. The highest BCUT2D eigenvalue weighted by atomic mass is 32.2. The van der Waals surface area contributed by atoms with Gasteiger partial charge in [-0.2, -0.15) is 0 Å². The molecule has 206 valence electrons. The van der Waals surface area contributed by atoms with E-state index in [0.717, 1.165) is 42.6 Å². The van der Waals surface area contributed by atoms with Crippen molar-refractivity contribution in [1.82, 2.24) is 9.88 Å². The number of aromatic nitrogens is 1. The predicted molar refractivity (Wildman–Crippen MR) is 153 cm³/mol. The van der Waals surface area contributed by atoms with Gasteiger partial charge in [-0.05, 0) is 57.2 Å². The summed E-state index contributed by atoms with van der Waals surface area (Å²) in [5.41, 5.74) is 2.00. The summed E-state index contributed by atoms with van der Waals surface area (Å²) in [6.07, 6.45) is -0.875. The number of hydrogen-bond acceptors (Lipinski definition) is 6. The van der Waals surface area contributed by atoms with Gasteiger partial charge in [-0.3, -0.25) is 0 Å².